The number of nitrogens with one attached hydrogen (secondary N) is 1. The maximum absolute atomic E-state index is 12.1. The minimum atomic E-state index is -2.31. The zero-order valence-electron chi connectivity index (χ0n) is 8.37. The first-order valence-corrected chi connectivity index (χ1v) is 4.59. The quantitative estimate of drug-likeness (QED) is 0.779. The summed E-state index contributed by atoms with van der Waals surface area (Å²) in [5.74, 6) is 0. The van der Waals surface area contributed by atoms with Crippen LogP contribution in [0.25, 0.3) is 0 Å². The van der Waals surface area contributed by atoms with Crippen molar-refractivity contribution in [2.75, 3.05) is 6.54 Å². The molecule has 0 aliphatic carbocycles. The van der Waals surface area contributed by atoms with Gasteiger partial charge in [-0.05, 0) is 13.0 Å². The molecule has 1 N–H and O–H groups in total. The van der Waals surface area contributed by atoms with Gasteiger partial charge in [0.05, 0.1) is 11.7 Å². The Morgan fingerprint density at radius 2 is 2.29 bits per heavy atom. The van der Waals surface area contributed by atoms with Gasteiger partial charge >= 0.3 is 0 Å². The van der Waals surface area contributed by atoms with Gasteiger partial charge in [0.15, 0.2) is 0 Å². The van der Waals surface area contributed by atoms with Crippen LogP contribution < -0.4 is 5.32 Å². The summed E-state index contributed by atoms with van der Waals surface area (Å²) in [5.41, 5.74) is 0.918. The summed E-state index contributed by atoms with van der Waals surface area (Å²) in [6.07, 6.45) is 0.211. The second-order valence-electron chi connectivity index (χ2n) is 3.31. The van der Waals surface area contributed by atoms with E-state index in [-0.39, 0.29) is 0 Å². The molecule has 0 saturated carbocycles. The van der Waals surface area contributed by atoms with Gasteiger partial charge in [0, 0.05) is 26.2 Å². The summed E-state index contributed by atoms with van der Waals surface area (Å²) in [4.78, 5) is 0. The molecular formula is C9H15F2N3. The van der Waals surface area contributed by atoms with E-state index in [1.807, 2.05) is 19.3 Å². The van der Waals surface area contributed by atoms with E-state index in [0.717, 1.165) is 5.69 Å². The molecule has 1 unspecified atom stereocenters. The van der Waals surface area contributed by atoms with Crippen molar-refractivity contribution < 1.29 is 8.78 Å². The lowest BCUT2D eigenvalue weighted by atomic mass is 10.3. The van der Waals surface area contributed by atoms with Crippen LogP contribution >= 0.6 is 0 Å². The van der Waals surface area contributed by atoms with Crippen molar-refractivity contribution in [3.05, 3.63) is 18.0 Å². The maximum Gasteiger partial charge on any atom is 0.253 e. The molecule has 0 spiro atoms. The van der Waals surface area contributed by atoms with Gasteiger partial charge in [0.1, 0.15) is 0 Å². The van der Waals surface area contributed by atoms with E-state index < -0.39 is 12.5 Å². The van der Waals surface area contributed by atoms with Crippen molar-refractivity contribution in [3.8, 4) is 0 Å². The maximum atomic E-state index is 12.1. The lowest BCUT2D eigenvalue weighted by Crippen LogP contribution is -2.34. The van der Waals surface area contributed by atoms with Crippen LogP contribution in [0, 0.1) is 0 Å². The molecule has 0 aliphatic heterocycles. The molecule has 0 aliphatic rings. The lowest BCUT2D eigenvalue weighted by molar-refractivity contribution is 0.106. The molecule has 0 radical (unpaired) electrons. The Hall–Kier alpha value is -0.970. The Kier molecular flexibility index (Phi) is 4.00. The predicted molar refractivity (Wildman–Crippen MR) is 50.4 cm³/mol. The predicted octanol–water partition coefficient (Wildman–Crippen LogP) is 1.21. The fourth-order valence-electron chi connectivity index (χ4n) is 1.11. The largest absolute Gasteiger partial charge is 0.309 e. The Balaban J connectivity index is 2.22. The number of alkyl halides is 2. The van der Waals surface area contributed by atoms with Crippen LogP contribution in [0.3, 0.4) is 0 Å². The first kappa shape index (κ1) is 11.1. The van der Waals surface area contributed by atoms with Crippen LogP contribution in [-0.2, 0) is 13.5 Å². The molecule has 5 heteroatoms. The molecule has 14 heavy (non-hydrogen) atoms. The Labute approximate surface area is 82.1 Å². The second kappa shape index (κ2) is 5.05. The van der Waals surface area contributed by atoms with Gasteiger partial charge in [-0.25, -0.2) is 8.78 Å². The topological polar surface area (TPSA) is 29.9 Å². The summed E-state index contributed by atoms with van der Waals surface area (Å²) in [6.45, 7) is 2.01. The smallest absolute Gasteiger partial charge is 0.253 e. The summed E-state index contributed by atoms with van der Waals surface area (Å²) in [6, 6.07) is 1.13. The lowest BCUT2D eigenvalue weighted by Gasteiger charge is -2.11. The van der Waals surface area contributed by atoms with Gasteiger partial charge in [0.2, 0.25) is 0 Å². The molecule has 3 nitrogen and oxygen atoms in total. The van der Waals surface area contributed by atoms with E-state index in [1.165, 1.54) is 6.92 Å². The average Bonchev–Trinajstić information content (AvgIpc) is 2.51. The first-order valence-electron chi connectivity index (χ1n) is 4.59. The minimum Gasteiger partial charge on any atom is -0.309 e. The normalized spacial score (nSPS) is 13.5. The monoisotopic (exact) mass is 203 g/mol. The summed E-state index contributed by atoms with van der Waals surface area (Å²) in [5, 5.41) is 6.88. The zero-order chi connectivity index (χ0) is 10.6. The summed E-state index contributed by atoms with van der Waals surface area (Å²) >= 11 is 0. The number of hydrogen-bond donors (Lipinski definition) is 1. The van der Waals surface area contributed by atoms with Crippen LogP contribution in [0.2, 0.25) is 0 Å². The summed E-state index contributed by atoms with van der Waals surface area (Å²) < 4.78 is 25.9. The third kappa shape index (κ3) is 3.41. The van der Waals surface area contributed by atoms with E-state index in [9.17, 15) is 8.78 Å². The van der Waals surface area contributed by atoms with Crippen molar-refractivity contribution in [2.45, 2.75) is 25.8 Å². The molecule has 80 valence electrons. The minimum absolute atomic E-state index is 0.530. The Morgan fingerprint density at radius 1 is 1.57 bits per heavy atom. The molecule has 1 heterocycles. The fourth-order valence-corrected chi connectivity index (χ4v) is 1.11. The van der Waals surface area contributed by atoms with Crippen molar-refractivity contribution in [3.63, 3.8) is 0 Å². The van der Waals surface area contributed by atoms with Crippen molar-refractivity contribution in [2.24, 2.45) is 7.05 Å². The highest BCUT2D eigenvalue weighted by Gasteiger charge is 2.12. The third-order valence-electron chi connectivity index (χ3n) is 1.99. The molecule has 0 amide bonds. The molecule has 1 atom stereocenters. The number of aryl methyl sites for hydroxylation is 1. The molecule has 1 aromatic rings. The van der Waals surface area contributed by atoms with Crippen molar-refractivity contribution in [1.82, 2.24) is 15.1 Å². The number of halogens is 2. The van der Waals surface area contributed by atoms with Gasteiger partial charge in [0.25, 0.3) is 6.43 Å². The standard InChI is InChI=1S/C9H15F2N3/c1-7(9(10)11)12-5-3-8-4-6-14(2)13-8/h4,6-7,9,12H,3,5H2,1-2H3. The van der Waals surface area contributed by atoms with Crippen LogP contribution in [-0.4, -0.2) is 28.8 Å². The molecule has 0 saturated heterocycles. The van der Waals surface area contributed by atoms with Crippen LogP contribution in [0.4, 0.5) is 8.78 Å². The number of hydrogen-bond acceptors (Lipinski definition) is 2. The first-order chi connectivity index (χ1) is 6.59. The Morgan fingerprint density at radius 3 is 2.79 bits per heavy atom. The number of aromatic nitrogens is 2. The highest BCUT2D eigenvalue weighted by molar-refractivity contribution is 4.99. The summed E-state index contributed by atoms with van der Waals surface area (Å²) in [7, 11) is 1.83. The van der Waals surface area contributed by atoms with E-state index in [0.29, 0.717) is 13.0 Å². The van der Waals surface area contributed by atoms with E-state index in [1.54, 1.807) is 4.68 Å². The fraction of sp³-hybridized carbons (Fsp3) is 0.667. The van der Waals surface area contributed by atoms with Gasteiger partial charge in [-0.3, -0.25) is 4.68 Å². The molecule has 0 bridgehead atoms. The van der Waals surface area contributed by atoms with Crippen LogP contribution in [0.15, 0.2) is 12.3 Å². The molecule has 0 fully saturated rings. The molecule has 1 aromatic heterocycles. The van der Waals surface area contributed by atoms with Crippen LogP contribution in [0.1, 0.15) is 12.6 Å². The van der Waals surface area contributed by atoms with Gasteiger partial charge in [-0.15, -0.1) is 0 Å². The average molecular weight is 203 g/mol. The van der Waals surface area contributed by atoms with Gasteiger partial charge < -0.3 is 5.32 Å². The third-order valence-corrected chi connectivity index (χ3v) is 1.99. The molecule has 0 aromatic carbocycles. The highest BCUT2D eigenvalue weighted by Crippen LogP contribution is 2.00. The van der Waals surface area contributed by atoms with Crippen molar-refractivity contribution in [1.29, 1.82) is 0 Å². The van der Waals surface area contributed by atoms with E-state index in [4.69, 9.17) is 0 Å². The van der Waals surface area contributed by atoms with E-state index in [2.05, 4.69) is 10.4 Å². The highest BCUT2D eigenvalue weighted by atomic mass is 19.3. The number of rotatable bonds is 5. The van der Waals surface area contributed by atoms with Gasteiger partial charge in [-0.2, -0.15) is 5.10 Å². The Bertz CT molecular complexity index is 273. The number of nitrogens with zero attached hydrogens (tertiary/aromatic N) is 2. The van der Waals surface area contributed by atoms with Crippen LogP contribution in [0.5, 0.6) is 0 Å². The van der Waals surface area contributed by atoms with Gasteiger partial charge in [-0.1, -0.05) is 0 Å². The molecule has 1 rings (SSSR count). The molecular weight excluding hydrogens is 188 g/mol. The van der Waals surface area contributed by atoms with E-state index >= 15 is 0 Å². The second-order valence-corrected chi connectivity index (χ2v) is 3.31. The SMILES string of the molecule is CC(NCCc1ccn(C)n1)C(F)F. The zero-order valence-corrected chi connectivity index (χ0v) is 8.37. The van der Waals surface area contributed by atoms with Crippen molar-refractivity contribution >= 4 is 0 Å².